The number of carbonyl (C=O) groups excluding carboxylic acids is 1. The van der Waals surface area contributed by atoms with Crippen molar-refractivity contribution in [3.05, 3.63) is 26.8 Å². The summed E-state index contributed by atoms with van der Waals surface area (Å²) in [5.74, 6) is -0.140. The largest absolute Gasteiger partial charge is 0.397 e. The topological polar surface area (TPSA) is 55.1 Å². The van der Waals surface area contributed by atoms with Gasteiger partial charge in [-0.2, -0.15) is 0 Å². The fourth-order valence-electron chi connectivity index (χ4n) is 1.08. The van der Waals surface area contributed by atoms with E-state index in [-0.39, 0.29) is 5.91 Å². The highest BCUT2D eigenvalue weighted by Gasteiger charge is 2.10. The van der Waals surface area contributed by atoms with E-state index in [1.54, 1.807) is 13.1 Å². The summed E-state index contributed by atoms with van der Waals surface area (Å²) in [6, 6.07) is 3.73. The first-order chi connectivity index (χ1) is 6.06. The highest BCUT2D eigenvalue weighted by atomic mass is 127. The van der Waals surface area contributed by atoms with Gasteiger partial charge in [-0.1, -0.05) is 0 Å². The highest BCUT2D eigenvalue weighted by Crippen LogP contribution is 2.21. The number of nitrogens with one attached hydrogen (secondary N) is 1. The number of nitrogens with two attached hydrogens (primary N) is 1. The maximum absolute atomic E-state index is 11.3. The molecule has 0 aliphatic carbocycles. The summed E-state index contributed by atoms with van der Waals surface area (Å²) in [5, 5.41) is 2.55. The summed E-state index contributed by atoms with van der Waals surface area (Å²) in [7, 11) is 1.59. The zero-order valence-corrected chi connectivity index (χ0v) is 9.68. The van der Waals surface area contributed by atoms with Gasteiger partial charge in [-0.15, -0.1) is 0 Å². The average molecular weight is 290 g/mol. The molecule has 0 aliphatic heterocycles. The summed E-state index contributed by atoms with van der Waals surface area (Å²) in [5.41, 5.74) is 7.89. The summed E-state index contributed by atoms with van der Waals surface area (Å²) >= 11 is 2.12. The van der Waals surface area contributed by atoms with Crippen molar-refractivity contribution in [3.63, 3.8) is 0 Å². The molecule has 3 nitrogen and oxygen atoms in total. The van der Waals surface area contributed by atoms with E-state index in [1.807, 2.05) is 13.0 Å². The second kappa shape index (κ2) is 3.95. The first-order valence-corrected chi connectivity index (χ1v) is 4.92. The Balaban J connectivity index is 3.28. The molecule has 0 aromatic heterocycles. The van der Waals surface area contributed by atoms with Crippen LogP contribution in [0.15, 0.2) is 12.1 Å². The minimum atomic E-state index is -0.140. The lowest BCUT2D eigenvalue weighted by Crippen LogP contribution is -2.19. The lowest BCUT2D eigenvalue weighted by atomic mass is 10.1. The van der Waals surface area contributed by atoms with Crippen LogP contribution in [0.25, 0.3) is 0 Å². The molecule has 0 radical (unpaired) electrons. The SMILES string of the molecule is CNC(=O)c1cc(C)cc(I)c1N. The Labute approximate surface area is 90.8 Å². The van der Waals surface area contributed by atoms with Crippen LogP contribution < -0.4 is 11.1 Å². The molecule has 1 amide bonds. The van der Waals surface area contributed by atoms with Crippen LogP contribution in [-0.2, 0) is 0 Å². The Kier molecular flexibility index (Phi) is 3.13. The van der Waals surface area contributed by atoms with E-state index in [9.17, 15) is 4.79 Å². The first kappa shape index (κ1) is 10.3. The number of amides is 1. The molecule has 0 unspecified atom stereocenters. The highest BCUT2D eigenvalue weighted by molar-refractivity contribution is 14.1. The molecule has 3 N–H and O–H groups in total. The third-order valence-corrected chi connectivity index (χ3v) is 2.64. The van der Waals surface area contributed by atoms with Gasteiger partial charge in [0.1, 0.15) is 0 Å². The van der Waals surface area contributed by atoms with Gasteiger partial charge >= 0.3 is 0 Å². The predicted molar refractivity (Wildman–Crippen MR) is 61.7 cm³/mol. The lowest BCUT2D eigenvalue weighted by Gasteiger charge is -2.07. The van der Waals surface area contributed by atoms with Gasteiger partial charge in [0, 0.05) is 10.6 Å². The van der Waals surface area contributed by atoms with Crippen LogP contribution in [-0.4, -0.2) is 13.0 Å². The van der Waals surface area contributed by atoms with E-state index in [0.717, 1.165) is 9.13 Å². The normalized spacial score (nSPS) is 9.77. The molecule has 1 rings (SSSR count). The van der Waals surface area contributed by atoms with Gasteiger partial charge < -0.3 is 11.1 Å². The van der Waals surface area contributed by atoms with Crippen molar-refractivity contribution in [3.8, 4) is 0 Å². The minimum Gasteiger partial charge on any atom is -0.397 e. The minimum absolute atomic E-state index is 0.140. The molecule has 0 atom stereocenters. The quantitative estimate of drug-likeness (QED) is 0.609. The van der Waals surface area contributed by atoms with E-state index in [1.165, 1.54) is 0 Å². The molecule has 1 aromatic carbocycles. The molecule has 0 heterocycles. The number of hydrogen-bond donors (Lipinski definition) is 2. The number of anilines is 1. The van der Waals surface area contributed by atoms with E-state index in [0.29, 0.717) is 11.3 Å². The van der Waals surface area contributed by atoms with Crippen molar-refractivity contribution in [2.45, 2.75) is 6.92 Å². The summed E-state index contributed by atoms with van der Waals surface area (Å²) in [6.07, 6.45) is 0. The molecule has 0 saturated heterocycles. The molecule has 0 saturated carbocycles. The number of rotatable bonds is 1. The molecular formula is C9H11IN2O. The van der Waals surface area contributed by atoms with Gasteiger partial charge in [0.2, 0.25) is 0 Å². The van der Waals surface area contributed by atoms with Gasteiger partial charge in [0.25, 0.3) is 5.91 Å². The Morgan fingerprint density at radius 1 is 1.54 bits per heavy atom. The Morgan fingerprint density at radius 3 is 2.69 bits per heavy atom. The van der Waals surface area contributed by atoms with Gasteiger partial charge in [0.05, 0.1) is 11.3 Å². The number of hydrogen-bond acceptors (Lipinski definition) is 2. The zero-order chi connectivity index (χ0) is 10.0. The van der Waals surface area contributed by atoms with E-state index >= 15 is 0 Å². The first-order valence-electron chi connectivity index (χ1n) is 3.84. The Hall–Kier alpha value is -0.780. The number of carbonyl (C=O) groups is 1. The molecule has 0 spiro atoms. The molecule has 13 heavy (non-hydrogen) atoms. The monoisotopic (exact) mass is 290 g/mol. The van der Waals surface area contributed by atoms with Gasteiger partial charge in [0.15, 0.2) is 0 Å². The summed E-state index contributed by atoms with van der Waals surface area (Å²) < 4.78 is 0.913. The van der Waals surface area contributed by atoms with Crippen LogP contribution in [0.4, 0.5) is 5.69 Å². The van der Waals surface area contributed by atoms with Gasteiger partial charge in [-0.25, -0.2) is 0 Å². The molecule has 0 aliphatic rings. The lowest BCUT2D eigenvalue weighted by molar-refractivity contribution is 0.0964. The fourth-order valence-corrected chi connectivity index (χ4v) is 1.86. The second-order valence-electron chi connectivity index (χ2n) is 2.79. The van der Waals surface area contributed by atoms with Crippen molar-refractivity contribution < 1.29 is 4.79 Å². The van der Waals surface area contributed by atoms with Crippen molar-refractivity contribution in [2.75, 3.05) is 12.8 Å². The fraction of sp³-hybridized carbons (Fsp3) is 0.222. The van der Waals surface area contributed by atoms with Crippen molar-refractivity contribution in [1.29, 1.82) is 0 Å². The van der Waals surface area contributed by atoms with E-state index in [4.69, 9.17) is 5.73 Å². The Morgan fingerprint density at radius 2 is 2.15 bits per heavy atom. The van der Waals surface area contributed by atoms with Crippen LogP contribution in [0.2, 0.25) is 0 Å². The summed E-state index contributed by atoms with van der Waals surface area (Å²) in [6.45, 7) is 1.94. The third-order valence-electron chi connectivity index (χ3n) is 1.75. The second-order valence-corrected chi connectivity index (χ2v) is 3.95. The molecular weight excluding hydrogens is 279 g/mol. The third kappa shape index (κ3) is 2.12. The summed E-state index contributed by atoms with van der Waals surface area (Å²) in [4.78, 5) is 11.3. The van der Waals surface area contributed by atoms with Crippen molar-refractivity contribution in [1.82, 2.24) is 5.32 Å². The Bertz CT molecular complexity index is 350. The predicted octanol–water partition coefficient (Wildman–Crippen LogP) is 1.54. The molecule has 0 bridgehead atoms. The molecule has 1 aromatic rings. The standard InChI is InChI=1S/C9H11IN2O/c1-5-3-6(9(13)12-2)8(11)7(10)4-5/h3-4H,11H2,1-2H3,(H,12,13). The van der Waals surface area contributed by atoms with Gasteiger partial charge in [-0.3, -0.25) is 4.79 Å². The molecule has 70 valence electrons. The number of halogens is 1. The molecule has 0 fully saturated rings. The van der Waals surface area contributed by atoms with Crippen molar-refractivity contribution >= 4 is 34.2 Å². The smallest absolute Gasteiger partial charge is 0.253 e. The van der Waals surface area contributed by atoms with Crippen LogP contribution in [0.1, 0.15) is 15.9 Å². The zero-order valence-electron chi connectivity index (χ0n) is 7.52. The van der Waals surface area contributed by atoms with Crippen molar-refractivity contribution in [2.24, 2.45) is 0 Å². The van der Waals surface area contributed by atoms with Gasteiger partial charge in [-0.05, 0) is 47.2 Å². The average Bonchev–Trinajstić information content (AvgIpc) is 2.10. The number of nitrogen functional groups attached to an aromatic ring is 1. The molecule has 4 heteroatoms. The number of aryl methyl sites for hydroxylation is 1. The maximum Gasteiger partial charge on any atom is 0.253 e. The van der Waals surface area contributed by atoms with Crippen LogP contribution >= 0.6 is 22.6 Å². The van der Waals surface area contributed by atoms with E-state index in [2.05, 4.69) is 27.9 Å². The van der Waals surface area contributed by atoms with E-state index < -0.39 is 0 Å². The van der Waals surface area contributed by atoms with Crippen LogP contribution in [0, 0.1) is 10.5 Å². The maximum atomic E-state index is 11.3. The van der Waals surface area contributed by atoms with Crippen LogP contribution in [0.3, 0.4) is 0 Å². The van der Waals surface area contributed by atoms with Crippen LogP contribution in [0.5, 0.6) is 0 Å². The number of benzene rings is 1.